The van der Waals surface area contributed by atoms with Gasteiger partial charge in [-0.2, -0.15) is 0 Å². The van der Waals surface area contributed by atoms with Crippen molar-refractivity contribution >= 4 is 37.4 Å². The molecule has 0 aliphatic heterocycles. The average Bonchev–Trinajstić information content (AvgIpc) is 3.57. The quantitative estimate of drug-likeness (QED) is 0.159. The predicted octanol–water partition coefficient (Wildman–Crippen LogP) is 12.2. The molecule has 4 aromatic carbocycles. The van der Waals surface area contributed by atoms with Crippen LogP contribution >= 0.6 is 18.6 Å². The molecule has 0 fully saturated rings. The zero-order valence-corrected chi connectivity index (χ0v) is 29.4. The van der Waals surface area contributed by atoms with E-state index in [1.807, 2.05) is 0 Å². The van der Waals surface area contributed by atoms with Crippen LogP contribution in [0, 0.1) is 0 Å². The van der Waals surface area contributed by atoms with Gasteiger partial charge in [0.15, 0.2) is 0 Å². The van der Waals surface area contributed by atoms with Crippen LogP contribution in [0.15, 0.2) is 108 Å². The van der Waals surface area contributed by atoms with Crippen LogP contribution < -0.4 is 0 Å². The van der Waals surface area contributed by atoms with Gasteiger partial charge in [-0.15, -0.1) is 0 Å². The first kappa shape index (κ1) is 29.9. The van der Waals surface area contributed by atoms with Crippen molar-refractivity contribution in [2.45, 2.75) is 61.1 Å². The Morgan fingerprint density at radius 3 is 1.33 bits per heavy atom. The Labute approximate surface area is 261 Å². The van der Waals surface area contributed by atoms with Gasteiger partial charge in [0.05, 0.1) is 0 Å². The van der Waals surface area contributed by atoms with Crippen LogP contribution in [0.4, 0.5) is 0 Å². The van der Waals surface area contributed by atoms with E-state index in [2.05, 4.69) is 136 Å². The Balaban J connectivity index is 1.60. The first-order chi connectivity index (χ1) is 20.3. The molecular formula is C38H41Cl2SiTi. The summed E-state index contributed by atoms with van der Waals surface area (Å²) in [4.78, 5) is 0. The molecule has 2 aliphatic carbocycles. The van der Waals surface area contributed by atoms with E-state index in [0.717, 1.165) is 25.7 Å². The SMILES string of the molecule is CCCC1=Cc2c(-c3ccccc3)cccc2[CH]1[Ti]([Cl])([Cl])([CH]1C(CCC)=Cc2c(-c3ccccc3)cccc21)[SiH](C)C. The van der Waals surface area contributed by atoms with Gasteiger partial charge in [-0.25, -0.2) is 0 Å². The number of fused-ring (bicyclic) bond motifs is 2. The van der Waals surface area contributed by atoms with Gasteiger partial charge in [0.2, 0.25) is 0 Å². The van der Waals surface area contributed by atoms with Crippen molar-refractivity contribution < 1.29 is 12.4 Å². The molecule has 0 aromatic heterocycles. The molecule has 0 heterocycles. The molecule has 0 bridgehead atoms. The topological polar surface area (TPSA) is 0 Å². The molecule has 0 amide bonds. The Bertz CT molecular complexity index is 1550. The summed E-state index contributed by atoms with van der Waals surface area (Å²) in [6.45, 7) is 7.86. The summed E-state index contributed by atoms with van der Waals surface area (Å²) in [5.74, 6) is 0. The number of hydrogen-bond acceptors (Lipinski definition) is 0. The molecular weight excluding hydrogens is 603 g/mol. The van der Waals surface area contributed by atoms with Gasteiger partial charge in [-0.05, 0) is 0 Å². The average molecular weight is 645 g/mol. The van der Waals surface area contributed by atoms with Gasteiger partial charge in [0, 0.05) is 0 Å². The summed E-state index contributed by atoms with van der Waals surface area (Å²) in [6.07, 6.45) is 9.20. The van der Waals surface area contributed by atoms with Gasteiger partial charge >= 0.3 is 264 Å². The molecule has 0 saturated heterocycles. The number of rotatable bonds is 9. The number of hydrogen-bond donors (Lipinski definition) is 0. The number of halogens is 2. The third kappa shape index (κ3) is 4.77. The molecule has 215 valence electrons. The van der Waals surface area contributed by atoms with E-state index < -0.39 is 19.1 Å². The van der Waals surface area contributed by atoms with Gasteiger partial charge in [-0.1, -0.05) is 0 Å². The van der Waals surface area contributed by atoms with Crippen LogP contribution in [0.1, 0.15) is 70.2 Å². The van der Waals surface area contributed by atoms with E-state index in [4.69, 9.17) is 18.6 Å². The Morgan fingerprint density at radius 2 is 0.976 bits per heavy atom. The van der Waals surface area contributed by atoms with Crippen LogP contribution in [0.2, 0.25) is 13.1 Å². The Kier molecular flexibility index (Phi) is 8.37. The molecule has 6 rings (SSSR count). The molecule has 2 unspecified atom stereocenters. The zero-order valence-electron chi connectivity index (χ0n) is 25.2. The van der Waals surface area contributed by atoms with E-state index in [1.165, 1.54) is 55.7 Å². The monoisotopic (exact) mass is 643 g/mol. The Hall–Kier alpha value is -2.13. The second-order valence-electron chi connectivity index (χ2n) is 12.5. The summed E-state index contributed by atoms with van der Waals surface area (Å²) in [5.41, 5.74) is 13.4. The number of allylic oxidation sites excluding steroid dienone is 2. The van der Waals surface area contributed by atoms with E-state index >= 15 is 0 Å². The summed E-state index contributed by atoms with van der Waals surface area (Å²) < 4.78 is 0.236. The molecule has 0 nitrogen and oxygen atoms in total. The van der Waals surface area contributed by atoms with E-state index in [9.17, 15) is 0 Å². The second-order valence-corrected chi connectivity index (χ2v) is 41.8. The van der Waals surface area contributed by atoms with Crippen LogP contribution in [-0.2, 0) is 12.4 Å². The molecule has 0 spiro atoms. The second kappa shape index (κ2) is 11.8. The maximum atomic E-state index is 8.59. The molecule has 4 aromatic rings. The zero-order chi connectivity index (χ0) is 29.5. The minimum atomic E-state index is -4.47. The minimum absolute atomic E-state index is 0.118. The molecule has 2 aliphatic rings. The maximum absolute atomic E-state index is 8.59. The first-order valence-electron chi connectivity index (χ1n) is 15.6. The first-order valence-corrected chi connectivity index (χ1v) is 27.3. The summed E-state index contributed by atoms with van der Waals surface area (Å²) in [6, 6.07) is 35.3. The van der Waals surface area contributed by atoms with Crippen molar-refractivity contribution in [1.29, 1.82) is 0 Å². The van der Waals surface area contributed by atoms with Crippen molar-refractivity contribution in [3.05, 3.63) is 130 Å². The van der Waals surface area contributed by atoms with Crippen molar-refractivity contribution in [3.8, 4) is 22.3 Å². The molecule has 0 N–H and O–H groups in total. The van der Waals surface area contributed by atoms with Gasteiger partial charge in [-0.3, -0.25) is 0 Å². The van der Waals surface area contributed by atoms with Gasteiger partial charge < -0.3 is 0 Å². The Morgan fingerprint density at radius 1 is 0.571 bits per heavy atom. The molecule has 42 heavy (non-hydrogen) atoms. The standard InChI is InChI=1S/2C18H17.C2H7Si.2ClH.Ti/c2*1-2-7-14-12-16-10-6-11-17(18(16)13-14)15-8-4-3-5-9-15;1-3-2;;;/h2*3-6,8-13H,2,7H2,1H3;3H,1-2H3;2*1H;/q;;;;;+2/p-2. The van der Waals surface area contributed by atoms with Crippen molar-refractivity contribution in [1.82, 2.24) is 0 Å². The summed E-state index contributed by atoms with van der Waals surface area (Å²) in [5, 5.41) is 0. The summed E-state index contributed by atoms with van der Waals surface area (Å²) in [7, 11) is 17.2. The number of benzene rings is 4. The third-order valence-electron chi connectivity index (χ3n) is 9.76. The fraction of sp³-hybridized carbons (Fsp3) is 0.263. The third-order valence-corrected chi connectivity index (χ3v) is 45.0. The summed E-state index contributed by atoms with van der Waals surface area (Å²) >= 11 is -4.47. The molecule has 0 saturated carbocycles. The van der Waals surface area contributed by atoms with Gasteiger partial charge in [0.25, 0.3) is 0 Å². The predicted molar refractivity (Wildman–Crippen MR) is 186 cm³/mol. The molecule has 4 heteroatoms. The van der Waals surface area contributed by atoms with Crippen LogP contribution in [-0.4, -0.2) is 6.66 Å². The molecule has 0 radical (unpaired) electrons. The van der Waals surface area contributed by atoms with Crippen LogP contribution in [0.5, 0.6) is 0 Å². The fourth-order valence-electron chi connectivity index (χ4n) is 7.81. The van der Waals surface area contributed by atoms with E-state index in [1.54, 1.807) is 0 Å². The van der Waals surface area contributed by atoms with E-state index in [-0.39, 0.29) is 8.45 Å². The van der Waals surface area contributed by atoms with Crippen molar-refractivity contribution in [3.63, 3.8) is 0 Å². The van der Waals surface area contributed by atoms with Crippen LogP contribution in [0.25, 0.3) is 34.4 Å². The normalized spacial score (nSPS) is 18.7. The van der Waals surface area contributed by atoms with Gasteiger partial charge in [0.1, 0.15) is 0 Å². The van der Waals surface area contributed by atoms with Crippen molar-refractivity contribution in [2.75, 3.05) is 0 Å². The van der Waals surface area contributed by atoms with E-state index in [0.29, 0.717) is 0 Å². The molecule has 2 atom stereocenters. The van der Waals surface area contributed by atoms with Crippen LogP contribution in [0.3, 0.4) is 0 Å². The fourth-order valence-corrected chi connectivity index (χ4v) is 29.0. The van der Waals surface area contributed by atoms with Crippen molar-refractivity contribution in [2.24, 2.45) is 0 Å².